The Morgan fingerprint density at radius 1 is 1.09 bits per heavy atom. The van der Waals surface area contributed by atoms with Crippen LogP contribution in [0.25, 0.3) is 17.4 Å². The third-order valence-electron chi connectivity index (χ3n) is 4.57. The van der Waals surface area contributed by atoms with Gasteiger partial charge in [0.1, 0.15) is 11.5 Å². The lowest BCUT2D eigenvalue weighted by Gasteiger charge is -2.21. The van der Waals surface area contributed by atoms with Crippen LogP contribution in [0.1, 0.15) is 32.1 Å². The molecule has 1 aromatic heterocycles. The van der Waals surface area contributed by atoms with Crippen molar-refractivity contribution in [3.8, 4) is 17.1 Å². The van der Waals surface area contributed by atoms with Crippen molar-refractivity contribution in [2.75, 3.05) is 5.32 Å². The maximum atomic E-state index is 12.2. The van der Waals surface area contributed by atoms with Crippen LogP contribution in [-0.4, -0.2) is 16.1 Å². The lowest BCUT2D eigenvalue weighted by molar-refractivity contribution is -0.115. The molecule has 5 nitrogen and oxygen atoms in total. The summed E-state index contributed by atoms with van der Waals surface area (Å²) in [4.78, 5) is 12.2. The molecule has 0 atom stereocenters. The number of aromatic hydroxyl groups is 1. The van der Waals surface area contributed by atoms with Crippen molar-refractivity contribution in [3.05, 3.63) is 76.0 Å². The lowest BCUT2D eigenvalue weighted by Crippen LogP contribution is -2.33. The summed E-state index contributed by atoms with van der Waals surface area (Å²) >= 11 is 17.2. The maximum absolute atomic E-state index is 12.2. The van der Waals surface area contributed by atoms with Crippen molar-refractivity contribution < 1.29 is 14.3 Å². The van der Waals surface area contributed by atoms with Gasteiger partial charge in [-0.05, 0) is 77.8 Å². The third kappa shape index (κ3) is 6.13. The number of phenols is 1. The number of thiocarbonyl (C=S) groups is 1. The summed E-state index contributed by atoms with van der Waals surface area (Å²) in [5.74, 6) is 0.568. The number of hydrogen-bond donors (Lipinski definition) is 3. The first-order valence-corrected chi connectivity index (χ1v) is 10.9. The number of nitrogens with one attached hydrogen (secondary N) is 2. The largest absolute Gasteiger partial charge is 0.504 e. The van der Waals surface area contributed by atoms with E-state index in [2.05, 4.69) is 10.6 Å². The average Bonchev–Trinajstić information content (AvgIpc) is 3.18. The van der Waals surface area contributed by atoms with E-state index in [1.165, 1.54) is 12.2 Å². The molecule has 0 radical (unpaired) electrons. The summed E-state index contributed by atoms with van der Waals surface area (Å²) in [5, 5.41) is 16.5. The van der Waals surface area contributed by atoms with Gasteiger partial charge in [0, 0.05) is 16.7 Å². The SMILES string of the molecule is CC(C)(C)c1cc(Cl)c(O)c(NC(=S)NC(=O)C=Cc2ccc(-c3ccc(Cl)cc3)o2)c1. The number of carbonyl (C=O) groups excluding carboxylic acids is 1. The minimum atomic E-state index is -0.454. The Morgan fingerprint density at radius 2 is 1.78 bits per heavy atom. The Labute approximate surface area is 202 Å². The van der Waals surface area contributed by atoms with E-state index in [-0.39, 0.29) is 21.3 Å². The zero-order valence-electron chi connectivity index (χ0n) is 17.7. The molecule has 0 aliphatic carbocycles. The second-order valence-corrected chi connectivity index (χ2v) is 9.34. The molecule has 0 unspecified atom stereocenters. The van der Waals surface area contributed by atoms with E-state index in [9.17, 15) is 9.90 Å². The van der Waals surface area contributed by atoms with Crippen molar-refractivity contribution >= 4 is 58.2 Å². The molecule has 1 heterocycles. The fourth-order valence-electron chi connectivity index (χ4n) is 2.80. The van der Waals surface area contributed by atoms with Crippen LogP contribution < -0.4 is 10.6 Å². The van der Waals surface area contributed by atoms with Gasteiger partial charge in [-0.3, -0.25) is 10.1 Å². The van der Waals surface area contributed by atoms with Gasteiger partial charge in [-0.15, -0.1) is 0 Å². The molecule has 2 aromatic carbocycles. The molecule has 0 fully saturated rings. The van der Waals surface area contributed by atoms with Crippen LogP contribution in [-0.2, 0) is 10.2 Å². The normalized spacial score (nSPS) is 11.5. The predicted octanol–water partition coefficient (Wildman–Crippen LogP) is 6.78. The summed E-state index contributed by atoms with van der Waals surface area (Å²) in [6.45, 7) is 6.08. The highest BCUT2D eigenvalue weighted by molar-refractivity contribution is 7.80. The highest BCUT2D eigenvalue weighted by Gasteiger charge is 2.19. The van der Waals surface area contributed by atoms with E-state index in [1.54, 1.807) is 30.3 Å². The van der Waals surface area contributed by atoms with Crippen molar-refractivity contribution in [1.29, 1.82) is 0 Å². The van der Waals surface area contributed by atoms with Gasteiger partial charge >= 0.3 is 0 Å². The van der Waals surface area contributed by atoms with Gasteiger partial charge in [-0.2, -0.15) is 0 Å². The Kier molecular flexibility index (Phi) is 7.29. The predicted molar refractivity (Wildman–Crippen MR) is 134 cm³/mol. The van der Waals surface area contributed by atoms with Crippen LogP contribution in [0.3, 0.4) is 0 Å². The van der Waals surface area contributed by atoms with Gasteiger partial charge in [0.25, 0.3) is 0 Å². The molecule has 0 aliphatic heterocycles. The average molecular weight is 489 g/mol. The number of phenolic OH excluding ortho intramolecular Hbond substituents is 1. The van der Waals surface area contributed by atoms with Crippen molar-refractivity contribution in [2.45, 2.75) is 26.2 Å². The van der Waals surface area contributed by atoms with E-state index in [1.807, 2.05) is 39.0 Å². The molecule has 0 aliphatic rings. The molecule has 8 heteroatoms. The van der Waals surface area contributed by atoms with E-state index in [4.69, 9.17) is 39.8 Å². The van der Waals surface area contributed by atoms with E-state index < -0.39 is 5.91 Å². The number of hydrogen-bond acceptors (Lipinski definition) is 4. The fourth-order valence-corrected chi connectivity index (χ4v) is 3.36. The van der Waals surface area contributed by atoms with Gasteiger partial charge in [0.15, 0.2) is 10.9 Å². The van der Waals surface area contributed by atoms with Gasteiger partial charge in [-0.25, -0.2) is 0 Å². The van der Waals surface area contributed by atoms with Crippen LogP contribution in [0.15, 0.2) is 59.0 Å². The Balaban J connectivity index is 1.63. The van der Waals surface area contributed by atoms with Crippen LogP contribution in [0.2, 0.25) is 10.0 Å². The number of anilines is 1. The van der Waals surface area contributed by atoms with Crippen molar-refractivity contribution in [3.63, 3.8) is 0 Å². The first-order valence-electron chi connectivity index (χ1n) is 9.72. The van der Waals surface area contributed by atoms with Crippen LogP contribution in [0, 0.1) is 0 Å². The minimum absolute atomic E-state index is 0.0263. The number of amides is 1. The summed E-state index contributed by atoms with van der Waals surface area (Å²) in [6.07, 6.45) is 2.84. The summed E-state index contributed by atoms with van der Waals surface area (Å²) in [5.41, 5.74) is 1.91. The van der Waals surface area contributed by atoms with Crippen molar-refractivity contribution in [2.24, 2.45) is 0 Å². The van der Waals surface area contributed by atoms with E-state index in [0.717, 1.165) is 11.1 Å². The van der Waals surface area contributed by atoms with Gasteiger partial charge in [0.05, 0.1) is 10.7 Å². The smallest absolute Gasteiger partial charge is 0.250 e. The molecule has 32 heavy (non-hydrogen) atoms. The molecule has 166 valence electrons. The lowest BCUT2D eigenvalue weighted by atomic mass is 9.87. The fraction of sp³-hybridized carbons (Fsp3) is 0.167. The number of halogens is 2. The molecule has 3 N–H and O–H groups in total. The van der Waals surface area contributed by atoms with E-state index >= 15 is 0 Å². The summed E-state index contributed by atoms with van der Waals surface area (Å²) in [7, 11) is 0. The van der Waals surface area contributed by atoms with Gasteiger partial charge in [-0.1, -0.05) is 44.0 Å². The first-order chi connectivity index (χ1) is 15.0. The molecule has 0 saturated carbocycles. The molecular formula is C24H22Cl2N2O3S. The zero-order chi connectivity index (χ0) is 23.5. The highest BCUT2D eigenvalue weighted by Crippen LogP contribution is 2.37. The summed E-state index contributed by atoms with van der Waals surface area (Å²) < 4.78 is 5.73. The molecular weight excluding hydrogens is 467 g/mol. The molecule has 0 spiro atoms. The molecule has 3 rings (SSSR count). The molecule has 0 saturated heterocycles. The molecule has 1 amide bonds. The van der Waals surface area contributed by atoms with Crippen LogP contribution in [0.5, 0.6) is 5.75 Å². The Morgan fingerprint density at radius 3 is 2.44 bits per heavy atom. The first kappa shape index (κ1) is 23.9. The van der Waals surface area contributed by atoms with Gasteiger partial charge in [0.2, 0.25) is 5.91 Å². The maximum Gasteiger partial charge on any atom is 0.250 e. The number of benzene rings is 2. The standard InChI is InChI=1S/C24H22Cl2N2O3S/c1-24(2,3)15-12-18(26)22(30)19(13-15)27-23(32)28-21(29)11-9-17-8-10-20(31-17)14-4-6-16(25)7-5-14/h4-13,30H,1-3H3,(H2,27,28,29,32). The second kappa shape index (κ2) is 9.77. The third-order valence-corrected chi connectivity index (χ3v) is 5.31. The van der Waals surface area contributed by atoms with Crippen LogP contribution in [0.4, 0.5) is 5.69 Å². The van der Waals surface area contributed by atoms with E-state index in [0.29, 0.717) is 22.2 Å². The quantitative estimate of drug-likeness (QED) is 0.214. The Hall–Kier alpha value is -2.80. The van der Waals surface area contributed by atoms with Crippen LogP contribution >= 0.6 is 35.4 Å². The minimum Gasteiger partial charge on any atom is -0.504 e. The number of rotatable bonds is 4. The topological polar surface area (TPSA) is 74.5 Å². The second-order valence-electron chi connectivity index (χ2n) is 8.09. The highest BCUT2D eigenvalue weighted by atomic mass is 35.5. The Bertz CT molecular complexity index is 1180. The molecule has 0 bridgehead atoms. The zero-order valence-corrected chi connectivity index (χ0v) is 20.0. The van der Waals surface area contributed by atoms with Crippen molar-refractivity contribution in [1.82, 2.24) is 5.32 Å². The molecule has 3 aromatic rings. The van der Waals surface area contributed by atoms with Gasteiger partial charge < -0.3 is 14.8 Å². The monoisotopic (exact) mass is 488 g/mol. The number of carbonyl (C=O) groups is 1. The number of furan rings is 1. The summed E-state index contributed by atoms with van der Waals surface area (Å²) in [6, 6.07) is 14.3.